The van der Waals surface area contributed by atoms with Gasteiger partial charge in [0, 0.05) is 30.4 Å². The number of anilines is 1. The number of likely N-dealkylation sites (tertiary alicyclic amines) is 1. The van der Waals surface area contributed by atoms with Gasteiger partial charge in [0.05, 0.1) is 13.2 Å². The number of ether oxygens (including phenoxy) is 1. The fraction of sp³-hybridized carbons (Fsp3) is 0.429. The molecule has 3 rings (SSSR count). The highest BCUT2D eigenvalue weighted by Crippen LogP contribution is 2.23. The molecule has 0 amide bonds. The van der Waals surface area contributed by atoms with Crippen LogP contribution in [0, 0.1) is 5.82 Å². The van der Waals surface area contributed by atoms with E-state index in [1.54, 1.807) is 12.1 Å². The van der Waals surface area contributed by atoms with E-state index in [1.807, 2.05) is 19.1 Å². The van der Waals surface area contributed by atoms with Crippen molar-refractivity contribution >= 4 is 5.69 Å². The number of nitrogens with zero attached hydrogens (tertiary/aromatic N) is 1. The van der Waals surface area contributed by atoms with E-state index in [9.17, 15) is 9.50 Å². The Labute approximate surface area is 154 Å². The summed E-state index contributed by atoms with van der Waals surface area (Å²) in [7, 11) is 0. The molecule has 0 unspecified atom stereocenters. The van der Waals surface area contributed by atoms with Crippen molar-refractivity contribution in [2.75, 3.05) is 25.0 Å². The number of aliphatic hydroxyl groups excluding tert-OH is 1. The predicted molar refractivity (Wildman–Crippen MR) is 102 cm³/mol. The minimum Gasteiger partial charge on any atom is -0.494 e. The van der Waals surface area contributed by atoms with Gasteiger partial charge >= 0.3 is 0 Å². The summed E-state index contributed by atoms with van der Waals surface area (Å²) in [5, 5.41) is 13.1. The molecule has 1 atom stereocenters. The Morgan fingerprint density at radius 3 is 2.77 bits per heavy atom. The molecule has 0 aromatic heterocycles. The zero-order valence-electron chi connectivity index (χ0n) is 15.2. The number of hydrogen-bond donors (Lipinski definition) is 2. The summed E-state index contributed by atoms with van der Waals surface area (Å²) in [6.07, 6.45) is 2.24. The lowest BCUT2D eigenvalue weighted by atomic mass is 10.0. The normalized spacial score (nSPS) is 17.9. The van der Waals surface area contributed by atoms with Crippen molar-refractivity contribution in [3.05, 3.63) is 59.4 Å². The van der Waals surface area contributed by atoms with E-state index in [2.05, 4.69) is 16.3 Å². The molecular formula is C21H27FN2O2. The molecule has 1 aliphatic rings. The second-order valence-corrected chi connectivity index (χ2v) is 6.76. The predicted octanol–water partition coefficient (Wildman–Crippen LogP) is 3.79. The Morgan fingerprint density at radius 2 is 2.04 bits per heavy atom. The van der Waals surface area contributed by atoms with Crippen LogP contribution in [-0.4, -0.2) is 35.7 Å². The second-order valence-electron chi connectivity index (χ2n) is 6.76. The molecular weight excluding hydrogens is 331 g/mol. The van der Waals surface area contributed by atoms with Crippen molar-refractivity contribution in [3.63, 3.8) is 0 Å². The van der Waals surface area contributed by atoms with Gasteiger partial charge in [0.2, 0.25) is 0 Å². The van der Waals surface area contributed by atoms with Gasteiger partial charge in [-0.1, -0.05) is 6.07 Å². The number of aliphatic hydroxyl groups is 1. The number of rotatable bonds is 7. The van der Waals surface area contributed by atoms with Crippen molar-refractivity contribution in [2.45, 2.75) is 39.0 Å². The lowest BCUT2D eigenvalue weighted by Gasteiger charge is -2.33. The van der Waals surface area contributed by atoms with E-state index >= 15 is 0 Å². The molecule has 140 valence electrons. The van der Waals surface area contributed by atoms with E-state index in [0.717, 1.165) is 49.5 Å². The van der Waals surface area contributed by atoms with Gasteiger partial charge in [0.15, 0.2) is 0 Å². The summed E-state index contributed by atoms with van der Waals surface area (Å²) in [5.74, 6) is 0.546. The molecule has 0 spiro atoms. The van der Waals surface area contributed by atoms with Crippen LogP contribution in [0.4, 0.5) is 10.1 Å². The van der Waals surface area contributed by atoms with Crippen molar-refractivity contribution in [2.24, 2.45) is 0 Å². The molecule has 0 bridgehead atoms. The average molecular weight is 358 g/mol. The van der Waals surface area contributed by atoms with E-state index in [-0.39, 0.29) is 12.4 Å². The lowest BCUT2D eigenvalue weighted by Crippen LogP contribution is -2.41. The standard InChI is InChI=1S/C21H27FN2O2/c1-2-26-21-10-5-16(12-17(21)15-25)13-24-11-3-4-20(14-24)23-19-8-6-18(22)7-9-19/h5-10,12,20,23,25H,2-4,11,13-15H2,1H3/t20-/m0/s1. The Bertz CT molecular complexity index is 706. The van der Waals surface area contributed by atoms with E-state index < -0.39 is 0 Å². The SMILES string of the molecule is CCOc1ccc(CN2CCC[C@H](Nc3ccc(F)cc3)C2)cc1CO. The zero-order valence-corrected chi connectivity index (χ0v) is 15.2. The van der Waals surface area contributed by atoms with Crippen LogP contribution < -0.4 is 10.1 Å². The minimum atomic E-state index is -0.212. The van der Waals surface area contributed by atoms with Crippen LogP contribution in [0.2, 0.25) is 0 Å². The Kier molecular flexibility index (Phi) is 6.47. The quantitative estimate of drug-likeness (QED) is 0.790. The van der Waals surface area contributed by atoms with Crippen molar-refractivity contribution in [1.29, 1.82) is 0 Å². The highest BCUT2D eigenvalue weighted by molar-refractivity contribution is 5.44. The summed E-state index contributed by atoms with van der Waals surface area (Å²) in [5.41, 5.74) is 2.98. The molecule has 2 N–H and O–H groups in total. The van der Waals surface area contributed by atoms with Crippen LogP contribution in [0.5, 0.6) is 5.75 Å². The number of piperidine rings is 1. The molecule has 2 aromatic rings. The van der Waals surface area contributed by atoms with E-state index in [1.165, 1.54) is 17.7 Å². The summed E-state index contributed by atoms with van der Waals surface area (Å²) >= 11 is 0. The number of hydrogen-bond acceptors (Lipinski definition) is 4. The first kappa shape index (κ1) is 18.7. The first-order chi connectivity index (χ1) is 12.7. The molecule has 26 heavy (non-hydrogen) atoms. The average Bonchev–Trinajstić information content (AvgIpc) is 2.65. The third-order valence-corrected chi connectivity index (χ3v) is 4.72. The van der Waals surface area contributed by atoms with Crippen LogP contribution in [0.25, 0.3) is 0 Å². The third kappa shape index (κ3) is 4.96. The van der Waals surface area contributed by atoms with Crippen molar-refractivity contribution in [3.8, 4) is 5.75 Å². The first-order valence-corrected chi connectivity index (χ1v) is 9.28. The van der Waals surface area contributed by atoms with Gasteiger partial charge < -0.3 is 15.2 Å². The number of nitrogens with one attached hydrogen (secondary N) is 1. The molecule has 4 nitrogen and oxygen atoms in total. The molecule has 0 radical (unpaired) electrons. The molecule has 2 aromatic carbocycles. The largest absolute Gasteiger partial charge is 0.494 e. The molecule has 1 heterocycles. The number of benzene rings is 2. The Balaban J connectivity index is 1.60. The fourth-order valence-electron chi connectivity index (χ4n) is 3.51. The smallest absolute Gasteiger partial charge is 0.124 e. The molecule has 1 aliphatic heterocycles. The van der Waals surface area contributed by atoms with Gasteiger partial charge in [-0.3, -0.25) is 4.90 Å². The van der Waals surface area contributed by atoms with Gasteiger partial charge in [-0.2, -0.15) is 0 Å². The Morgan fingerprint density at radius 1 is 1.23 bits per heavy atom. The maximum absolute atomic E-state index is 13.0. The summed E-state index contributed by atoms with van der Waals surface area (Å²) < 4.78 is 18.6. The third-order valence-electron chi connectivity index (χ3n) is 4.72. The van der Waals surface area contributed by atoms with Crippen LogP contribution >= 0.6 is 0 Å². The molecule has 0 saturated carbocycles. The molecule has 1 saturated heterocycles. The minimum absolute atomic E-state index is 0.0160. The van der Waals surface area contributed by atoms with Crippen LogP contribution in [-0.2, 0) is 13.2 Å². The zero-order chi connectivity index (χ0) is 18.4. The van der Waals surface area contributed by atoms with Crippen LogP contribution in [0.1, 0.15) is 30.9 Å². The molecule has 0 aliphatic carbocycles. The Hall–Kier alpha value is -2.11. The topological polar surface area (TPSA) is 44.7 Å². The summed E-state index contributed by atoms with van der Waals surface area (Å²) in [6.45, 7) is 5.37. The van der Waals surface area contributed by atoms with E-state index in [4.69, 9.17) is 4.74 Å². The molecule has 5 heteroatoms. The van der Waals surface area contributed by atoms with Crippen LogP contribution in [0.3, 0.4) is 0 Å². The fourth-order valence-corrected chi connectivity index (χ4v) is 3.51. The summed E-state index contributed by atoms with van der Waals surface area (Å²) in [4.78, 5) is 2.42. The van der Waals surface area contributed by atoms with E-state index in [0.29, 0.717) is 12.6 Å². The number of halogens is 1. The summed E-state index contributed by atoms with van der Waals surface area (Å²) in [6, 6.07) is 12.9. The first-order valence-electron chi connectivity index (χ1n) is 9.28. The van der Waals surface area contributed by atoms with Gasteiger partial charge in [0.25, 0.3) is 0 Å². The van der Waals surface area contributed by atoms with Crippen molar-refractivity contribution < 1.29 is 14.2 Å². The van der Waals surface area contributed by atoms with Gasteiger partial charge in [0.1, 0.15) is 11.6 Å². The second kappa shape index (κ2) is 9.01. The lowest BCUT2D eigenvalue weighted by molar-refractivity contribution is 0.208. The monoisotopic (exact) mass is 358 g/mol. The van der Waals surface area contributed by atoms with Crippen LogP contribution in [0.15, 0.2) is 42.5 Å². The molecule has 1 fully saturated rings. The van der Waals surface area contributed by atoms with Gasteiger partial charge in [-0.05, 0) is 68.3 Å². The van der Waals surface area contributed by atoms with Gasteiger partial charge in [-0.15, -0.1) is 0 Å². The highest BCUT2D eigenvalue weighted by atomic mass is 19.1. The maximum Gasteiger partial charge on any atom is 0.124 e. The van der Waals surface area contributed by atoms with Gasteiger partial charge in [-0.25, -0.2) is 4.39 Å². The van der Waals surface area contributed by atoms with Crippen molar-refractivity contribution in [1.82, 2.24) is 4.90 Å². The maximum atomic E-state index is 13.0. The highest BCUT2D eigenvalue weighted by Gasteiger charge is 2.20.